The standard InChI is InChI=1S/C20H27N3O3/c1-14-11-20(8-9-25-14)13-23(12-15(2)26-20)19(24)10-17-16-6-4-5-7-18(16)22(3)21-17/h4-7,14-15H,8-13H2,1-3H3. The first-order valence-corrected chi connectivity index (χ1v) is 9.44. The summed E-state index contributed by atoms with van der Waals surface area (Å²) < 4.78 is 13.8. The van der Waals surface area contributed by atoms with Gasteiger partial charge in [-0.2, -0.15) is 5.10 Å². The van der Waals surface area contributed by atoms with Crippen LogP contribution in [0.25, 0.3) is 10.9 Å². The molecule has 4 rings (SSSR count). The Morgan fingerprint density at radius 2 is 2.12 bits per heavy atom. The van der Waals surface area contributed by atoms with Crippen LogP contribution in [0.1, 0.15) is 32.4 Å². The van der Waals surface area contributed by atoms with Crippen molar-refractivity contribution in [1.29, 1.82) is 0 Å². The zero-order valence-electron chi connectivity index (χ0n) is 15.8. The van der Waals surface area contributed by atoms with Crippen LogP contribution < -0.4 is 0 Å². The van der Waals surface area contributed by atoms with Gasteiger partial charge in [-0.25, -0.2) is 0 Å². The van der Waals surface area contributed by atoms with Crippen LogP contribution in [-0.2, 0) is 27.7 Å². The molecule has 1 aromatic heterocycles. The Balaban J connectivity index is 1.53. The van der Waals surface area contributed by atoms with Crippen LogP contribution in [0.15, 0.2) is 24.3 Å². The van der Waals surface area contributed by atoms with E-state index < -0.39 is 0 Å². The maximum absolute atomic E-state index is 13.1. The topological polar surface area (TPSA) is 56.6 Å². The number of carbonyl (C=O) groups excluding carboxylic acids is 1. The van der Waals surface area contributed by atoms with Gasteiger partial charge in [0, 0.05) is 45.0 Å². The Labute approximate surface area is 154 Å². The number of ether oxygens (including phenoxy) is 2. The van der Waals surface area contributed by atoms with Crippen LogP contribution in [0.2, 0.25) is 0 Å². The molecule has 3 heterocycles. The first-order valence-electron chi connectivity index (χ1n) is 9.44. The lowest BCUT2D eigenvalue weighted by molar-refractivity contribution is -0.199. The summed E-state index contributed by atoms with van der Waals surface area (Å²) in [6.45, 7) is 6.11. The van der Waals surface area contributed by atoms with E-state index in [0.717, 1.165) is 29.4 Å². The highest BCUT2D eigenvalue weighted by atomic mass is 16.5. The third-order valence-corrected chi connectivity index (χ3v) is 5.53. The summed E-state index contributed by atoms with van der Waals surface area (Å²) in [7, 11) is 1.92. The third-order valence-electron chi connectivity index (χ3n) is 5.53. The summed E-state index contributed by atoms with van der Waals surface area (Å²) in [5.74, 6) is 0.127. The van der Waals surface area contributed by atoms with Crippen molar-refractivity contribution in [3.8, 4) is 0 Å². The van der Waals surface area contributed by atoms with Gasteiger partial charge in [0.1, 0.15) is 0 Å². The molecule has 1 aromatic carbocycles. The second kappa shape index (κ2) is 6.67. The minimum atomic E-state index is -0.267. The number of amides is 1. The van der Waals surface area contributed by atoms with Crippen molar-refractivity contribution < 1.29 is 14.3 Å². The highest BCUT2D eigenvalue weighted by Gasteiger charge is 2.44. The predicted molar refractivity (Wildman–Crippen MR) is 98.9 cm³/mol. The minimum absolute atomic E-state index is 0.0403. The summed E-state index contributed by atoms with van der Waals surface area (Å²) in [4.78, 5) is 15.0. The molecule has 6 heteroatoms. The molecule has 0 aliphatic carbocycles. The Morgan fingerprint density at radius 3 is 2.92 bits per heavy atom. The van der Waals surface area contributed by atoms with Crippen molar-refractivity contribution in [3.63, 3.8) is 0 Å². The number of nitrogens with zero attached hydrogens (tertiary/aromatic N) is 3. The zero-order chi connectivity index (χ0) is 18.3. The van der Waals surface area contributed by atoms with Crippen molar-refractivity contribution in [2.24, 2.45) is 7.05 Å². The molecule has 2 saturated heterocycles. The molecule has 2 aliphatic heterocycles. The molecule has 140 valence electrons. The van der Waals surface area contributed by atoms with Crippen LogP contribution in [0.3, 0.4) is 0 Å². The molecule has 0 saturated carbocycles. The van der Waals surface area contributed by atoms with Gasteiger partial charge in [0.15, 0.2) is 0 Å². The lowest BCUT2D eigenvalue weighted by Gasteiger charge is -2.48. The van der Waals surface area contributed by atoms with E-state index in [4.69, 9.17) is 9.47 Å². The molecule has 3 unspecified atom stereocenters. The fourth-order valence-corrected chi connectivity index (χ4v) is 4.47. The number of aryl methyl sites for hydroxylation is 1. The predicted octanol–water partition coefficient (Wildman–Crippen LogP) is 2.30. The van der Waals surface area contributed by atoms with Crippen molar-refractivity contribution in [3.05, 3.63) is 30.0 Å². The van der Waals surface area contributed by atoms with Crippen molar-refractivity contribution in [2.75, 3.05) is 19.7 Å². The molecular formula is C20H27N3O3. The van der Waals surface area contributed by atoms with E-state index in [-0.39, 0.29) is 23.7 Å². The van der Waals surface area contributed by atoms with Gasteiger partial charge in [-0.15, -0.1) is 0 Å². The highest BCUT2D eigenvalue weighted by molar-refractivity contribution is 5.87. The Hall–Kier alpha value is -1.92. The monoisotopic (exact) mass is 357 g/mol. The van der Waals surface area contributed by atoms with Crippen LogP contribution in [0.5, 0.6) is 0 Å². The van der Waals surface area contributed by atoms with Gasteiger partial charge in [0.25, 0.3) is 0 Å². The van der Waals surface area contributed by atoms with E-state index >= 15 is 0 Å². The molecule has 0 N–H and O–H groups in total. The number of rotatable bonds is 2. The number of hydrogen-bond acceptors (Lipinski definition) is 4. The number of carbonyl (C=O) groups is 1. The lowest BCUT2D eigenvalue weighted by Crippen LogP contribution is -2.59. The Morgan fingerprint density at radius 1 is 1.31 bits per heavy atom. The van der Waals surface area contributed by atoms with Gasteiger partial charge in [-0.1, -0.05) is 18.2 Å². The van der Waals surface area contributed by atoms with Crippen LogP contribution >= 0.6 is 0 Å². The van der Waals surface area contributed by atoms with Crippen LogP contribution in [0, 0.1) is 0 Å². The van der Waals surface area contributed by atoms with Crippen molar-refractivity contribution in [1.82, 2.24) is 14.7 Å². The van der Waals surface area contributed by atoms with E-state index in [1.54, 1.807) is 0 Å². The van der Waals surface area contributed by atoms with Gasteiger partial charge in [-0.3, -0.25) is 9.48 Å². The molecule has 0 bridgehead atoms. The summed E-state index contributed by atoms with van der Waals surface area (Å²) in [5.41, 5.74) is 1.64. The van der Waals surface area contributed by atoms with E-state index in [1.165, 1.54) is 0 Å². The lowest BCUT2D eigenvalue weighted by atomic mass is 9.88. The molecule has 6 nitrogen and oxygen atoms in total. The van der Waals surface area contributed by atoms with Crippen LogP contribution in [-0.4, -0.2) is 58.1 Å². The second-order valence-corrected chi connectivity index (χ2v) is 7.79. The molecule has 26 heavy (non-hydrogen) atoms. The molecule has 0 radical (unpaired) electrons. The third kappa shape index (κ3) is 3.23. The van der Waals surface area contributed by atoms with Gasteiger partial charge in [0.2, 0.25) is 5.91 Å². The SMILES string of the molecule is CC1CC2(CCO1)CN(C(=O)Cc1nn(C)c3ccccc13)CC(C)O2. The summed E-state index contributed by atoms with van der Waals surface area (Å²) in [5, 5.41) is 5.63. The number of benzene rings is 1. The van der Waals surface area contributed by atoms with Gasteiger partial charge in [0.05, 0.1) is 35.4 Å². The maximum atomic E-state index is 13.1. The number of para-hydroxylation sites is 1. The van der Waals surface area contributed by atoms with E-state index in [0.29, 0.717) is 26.1 Å². The van der Waals surface area contributed by atoms with E-state index in [2.05, 4.69) is 18.9 Å². The number of morpholine rings is 1. The zero-order valence-corrected chi connectivity index (χ0v) is 15.8. The molecule has 2 fully saturated rings. The number of fused-ring (bicyclic) bond motifs is 1. The van der Waals surface area contributed by atoms with E-state index in [1.807, 2.05) is 40.9 Å². The fourth-order valence-electron chi connectivity index (χ4n) is 4.47. The largest absolute Gasteiger partial charge is 0.378 e. The first kappa shape index (κ1) is 17.5. The minimum Gasteiger partial charge on any atom is -0.378 e. The fraction of sp³-hybridized carbons (Fsp3) is 0.600. The second-order valence-electron chi connectivity index (χ2n) is 7.79. The van der Waals surface area contributed by atoms with Crippen molar-refractivity contribution >= 4 is 16.8 Å². The van der Waals surface area contributed by atoms with Gasteiger partial charge < -0.3 is 14.4 Å². The number of hydrogen-bond donors (Lipinski definition) is 0. The Kier molecular flexibility index (Phi) is 4.49. The van der Waals surface area contributed by atoms with Crippen LogP contribution in [0.4, 0.5) is 0 Å². The molecule has 2 aliphatic rings. The number of aromatic nitrogens is 2. The van der Waals surface area contributed by atoms with E-state index in [9.17, 15) is 4.79 Å². The molecular weight excluding hydrogens is 330 g/mol. The Bertz CT molecular complexity index is 814. The average molecular weight is 357 g/mol. The summed E-state index contributed by atoms with van der Waals surface area (Å²) in [6, 6.07) is 8.06. The maximum Gasteiger partial charge on any atom is 0.228 e. The molecule has 3 atom stereocenters. The quantitative estimate of drug-likeness (QED) is 0.828. The molecule has 2 aromatic rings. The molecule has 1 amide bonds. The molecule has 1 spiro atoms. The smallest absolute Gasteiger partial charge is 0.228 e. The first-order chi connectivity index (χ1) is 12.5. The highest BCUT2D eigenvalue weighted by Crippen LogP contribution is 2.34. The van der Waals surface area contributed by atoms with Crippen molar-refractivity contribution in [2.45, 2.75) is 50.9 Å². The van der Waals surface area contributed by atoms with Gasteiger partial charge >= 0.3 is 0 Å². The summed E-state index contributed by atoms with van der Waals surface area (Å²) in [6.07, 6.45) is 2.23. The average Bonchev–Trinajstić information content (AvgIpc) is 2.90. The summed E-state index contributed by atoms with van der Waals surface area (Å²) >= 11 is 0. The van der Waals surface area contributed by atoms with Gasteiger partial charge in [-0.05, 0) is 19.9 Å². The normalized spacial score (nSPS) is 29.4.